The largest absolute Gasteiger partial charge is 0.324 e. The minimum atomic E-state index is 0.0771. The third kappa shape index (κ3) is 3.07. The highest BCUT2D eigenvalue weighted by Crippen LogP contribution is 2.34. The molecule has 0 saturated carbocycles. The molecule has 1 aromatic heterocycles. The van der Waals surface area contributed by atoms with Crippen LogP contribution in [0, 0.1) is 0 Å². The number of aromatic nitrogens is 2. The predicted molar refractivity (Wildman–Crippen MR) is 108 cm³/mol. The Balaban J connectivity index is 1.72. The van der Waals surface area contributed by atoms with Gasteiger partial charge in [0.1, 0.15) is 5.82 Å². The number of allylic oxidation sites excluding steroid dienone is 1. The quantitative estimate of drug-likeness (QED) is 0.574. The Bertz CT molecular complexity index is 1010. The number of hydrogen-bond donors (Lipinski definition) is 0. The number of amides is 1. The van der Waals surface area contributed by atoms with Crippen molar-refractivity contribution in [3.8, 4) is 0 Å². The maximum Gasteiger partial charge on any atom is 0.227 e. The van der Waals surface area contributed by atoms with E-state index < -0.39 is 0 Å². The number of benzene rings is 2. The van der Waals surface area contributed by atoms with Crippen molar-refractivity contribution >= 4 is 38.6 Å². The third-order valence-electron chi connectivity index (χ3n) is 4.72. The smallest absolute Gasteiger partial charge is 0.227 e. The van der Waals surface area contributed by atoms with Crippen LogP contribution < -0.4 is 4.90 Å². The zero-order valence-electron chi connectivity index (χ0n) is 14.7. The van der Waals surface area contributed by atoms with Gasteiger partial charge in [-0.3, -0.25) is 4.79 Å². The Labute approximate surface area is 161 Å². The lowest BCUT2D eigenvalue weighted by Crippen LogP contribution is -2.24. The summed E-state index contributed by atoms with van der Waals surface area (Å²) < 4.78 is 3.18. The molecule has 1 unspecified atom stereocenters. The molecule has 5 heteroatoms. The molecule has 4 rings (SSSR count). The molecule has 1 aliphatic rings. The van der Waals surface area contributed by atoms with E-state index in [-0.39, 0.29) is 11.8 Å². The lowest BCUT2D eigenvalue weighted by atomic mass is 10.1. The van der Waals surface area contributed by atoms with Crippen molar-refractivity contribution in [3.05, 3.63) is 71.0 Å². The molecule has 2 aromatic carbocycles. The maximum atomic E-state index is 12.7. The van der Waals surface area contributed by atoms with Crippen LogP contribution in [0.2, 0.25) is 0 Å². The lowest BCUT2D eigenvalue weighted by Gasteiger charge is -2.17. The summed E-state index contributed by atoms with van der Waals surface area (Å²) in [4.78, 5) is 19.4. The zero-order valence-corrected chi connectivity index (χ0v) is 16.2. The first-order valence-electron chi connectivity index (χ1n) is 8.68. The number of anilines is 1. The molecular formula is C21H20BrN3O. The summed E-state index contributed by atoms with van der Waals surface area (Å²) in [6.07, 6.45) is 0.478. The Morgan fingerprint density at radius 1 is 1.27 bits per heavy atom. The molecule has 2 heterocycles. The van der Waals surface area contributed by atoms with E-state index in [0.29, 0.717) is 13.0 Å². The van der Waals surface area contributed by atoms with Gasteiger partial charge in [0.15, 0.2) is 0 Å². The summed E-state index contributed by atoms with van der Waals surface area (Å²) in [6.45, 7) is 7.45. The number of nitrogens with zero attached hydrogens (tertiary/aromatic N) is 3. The summed E-state index contributed by atoms with van der Waals surface area (Å²) in [5.74, 6) is 1.19. The number of carbonyl (C=O) groups is 1. The Hall–Kier alpha value is -2.40. The number of hydrogen-bond acceptors (Lipinski definition) is 2. The lowest BCUT2D eigenvalue weighted by molar-refractivity contribution is -0.117. The fourth-order valence-electron chi connectivity index (χ4n) is 3.62. The van der Waals surface area contributed by atoms with Gasteiger partial charge in [-0.05, 0) is 37.3 Å². The number of carbonyl (C=O) groups excluding carboxylic acids is 1. The van der Waals surface area contributed by atoms with Crippen LogP contribution in [0.1, 0.15) is 25.1 Å². The normalized spacial score (nSPS) is 17.2. The van der Waals surface area contributed by atoms with Gasteiger partial charge in [0, 0.05) is 35.6 Å². The van der Waals surface area contributed by atoms with Crippen molar-refractivity contribution in [1.82, 2.24) is 9.55 Å². The van der Waals surface area contributed by atoms with E-state index in [1.807, 2.05) is 54.3 Å². The summed E-state index contributed by atoms with van der Waals surface area (Å²) in [5.41, 5.74) is 4.06. The van der Waals surface area contributed by atoms with E-state index >= 15 is 0 Å². The minimum Gasteiger partial charge on any atom is -0.324 e. The average molecular weight is 410 g/mol. The van der Waals surface area contributed by atoms with Gasteiger partial charge in [0.25, 0.3) is 0 Å². The van der Waals surface area contributed by atoms with Gasteiger partial charge in [-0.1, -0.05) is 46.3 Å². The summed E-state index contributed by atoms with van der Waals surface area (Å²) in [5, 5.41) is 0. The molecule has 0 bridgehead atoms. The molecule has 1 fully saturated rings. The molecule has 1 aliphatic heterocycles. The van der Waals surface area contributed by atoms with Crippen molar-refractivity contribution in [2.24, 2.45) is 0 Å². The second-order valence-electron chi connectivity index (χ2n) is 6.89. The third-order valence-corrected chi connectivity index (χ3v) is 5.22. The molecule has 4 nitrogen and oxygen atoms in total. The van der Waals surface area contributed by atoms with Crippen LogP contribution >= 0.6 is 15.9 Å². The number of fused-ring (bicyclic) bond motifs is 1. The van der Waals surface area contributed by atoms with Gasteiger partial charge in [-0.2, -0.15) is 0 Å². The van der Waals surface area contributed by atoms with Crippen molar-refractivity contribution in [2.45, 2.75) is 25.8 Å². The van der Waals surface area contributed by atoms with Gasteiger partial charge in [0.2, 0.25) is 5.91 Å². The highest BCUT2D eigenvalue weighted by Gasteiger charge is 2.34. The number of imidazole rings is 1. The van der Waals surface area contributed by atoms with Crippen molar-refractivity contribution in [3.63, 3.8) is 0 Å². The summed E-state index contributed by atoms with van der Waals surface area (Å²) in [6, 6.07) is 16.0. The molecular weight excluding hydrogens is 390 g/mol. The molecule has 3 aromatic rings. The molecule has 1 saturated heterocycles. The van der Waals surface area contributed by atoms with E-state index in [1.54, 1.807) is 0 Å². The van der Waals surface area contributed by atoms with E-state index in [2.05, 4.69) is 33.1 Å². The second-order valence-corrected chi connectivity index (χ2v) is 7.80. The Morgan fingerprint density at radius 2 is 2.08 bits per heavy atom. The highest BCUT2D eigenvalue weighted by atomic mass is 79.9. The van der Waals surface area contributed by atoms with E-state index in [4.69, 9.17) is 4.98 Å². The highest BCUT2D eigenvalue weighted by molar-refractivity contribution is 9.10. The maximum absolute atomic E-state index is 12.7. The van der Waals surface area contributed by atoms with Crippen LogP contribution in [-0.4, -0.2) is 22.0 Å². The molecule has 0 radical (unpaired) electrons. The predicted octanol–water partition coefficient (Wildman–Crippen LogP) is 4.90. The van der Waals surface area contributed by atoms with Crippen molar-refractivity contribution < 1.29 is 4.79 Å². The number of rotatable bonds is 4. The van der Waals surface area contributed by atoms with Gasteiger partial charge >= 0.3 is 0 Å². The molecule has 1 amide bonds. The van der Waals surface area contributed by atoms with Gasteiger partial charge in [-0.25, -0.2) is 4.98 Å². The molecule has 26 heavy (non-hydrogen) atoms. The van der Waals surface area contributed by atoms with Crippen LogP contribution in [0.25, 0.3) is 11.0 Å². The molecule has 132 valence electrons. The summed E-state index contributed by atoms with van der Waals surface area (Å²) >= 11 is 3.49. The van der Waals surface area contributed by atoms with Gasteiger partial charge in [0.05, 0.1) is 11.0 Å². The summed E-state index contributed by atoms with van der Waals surface area (Å²) in [7, 11) is 0. The van der Waals surface area contributed by atoms with E-state index in [1.165, 1.54) is 0 Å². The van der Waals surface area contributed by atoms with E-state index in [9.17, 15) is 4.79 Å². The topological polar surface area (TPSA) is 38.1 Å². The van der Waals surface area contributed by atoms with Crippen molar-refractivity contribution in [1.29, 1.82) is 0 Å². The first kappa shape index (κ1) is 17.0. The first-order chi connectivity index (χ1) is 12.5. The van der Waals surface area contributed by atoms with Crippen LogP contribution in [0.3, 0.4) is 0 Å². The minimum absolute atomic E-state index is 0.0771. The van der Waals surface area contributed by atoms with Crippen LogP contribution in [0.4, 0.5) is 5.69 Å². The van der Waals surface area contributed by atoms with Crippen molar-refractivity contribution in [2.75, 3.05) is 11.4 Å². The molecule has 0 N–H and O–H groups in total. The molecule has 1 atom stereocenters. The average Bonchev–Trinajstić information content (AvgIpc) is 3.16. The second kappa shape index (κ2) is 6.72. The van der Waals surface area contributed by atoms with Gasteiger partial charge < -0.3 is 9.47 Å². The fourth-order valence-corrected chi connectivity index (χ4v) is 4.00. The van der Waals surface area contributed by atoms with Crippen LogP contribution in [0.15, 0.2) is 65.2 Å². The van der Waals surface area contributed by atoms with Crippen LogP contribution in [0.5, 0.6) is 0 Å². The van der Waals surface area contributed by atoms with E-state index in [0.717, 1.165) is 39.1 Å². The fraction of sp³-hybridized carbons (Fsp3) is 0.238. The van der Waals surface area contributed by atoms with Gasteiger partial charge in [-0.15, -0.1) is 0 Å². The molecule has 0 aliphatic carbocycles. The standard InChI is InChI=1S/C21H20BrN3O/c1-14(2)12-25-19-9-4-3-8-18(19)23-21(25)15-10-20(26)24(13-15)17-7-5-6-16(22)11-17/h3-9,11,15H,1,10,12-13H2,2H3. The Morgan fingerprint density at radius 3 is 2.85 bits per heavy atom. The SMILES string of the molecule is C=C(C)Cn1c(C2CC(=O)N(c3cccc(Br)c3)C2)nc2ccccc21. The first-order valence-corrected chi connectivity index (χ1v) is 9.47. The number of para-hydroxylation sites is 2. The number of halogens is 1. The Kier molecular flexibility index (Phi) is 4.41. The zero-order chi connectivity index (χ0) is 18.3. The van der Waals surface area contributed by atoms with Crippen LogP contribution in [-0.2, 0) is 11.3 Å². The monoisotopic (exact) mass is 409 g/mol. The molecule has 0 spiro atoms.